The number of rotatable bonds is 5. The highest BCUT2D eigenvalue weighted by molar-refractivity contribution is 6.36. The zero-order valence-electron chi connectivity index (χ0n) is 12.2. The molecule has 1 aromatic carbocycles. The molecule has 0 unspecified atom stereocenters. The first kappa shape index (κ1) is 17.6. The first-order valence-corrected chi connectivity index (χ1v) is 7.33. The fourth-order valence-electron chi connectivity index (χ4n) is 2.13. The molecule has 0 bridgehead atoms. The zero-order valence-corrected chi connectivity index (χ0v) is 13.7. The Kier molecular flexibility index (Phi) is 5.87. The first-order valence-electron chi connectivity index (χ1n) is 6.57. The van der Waals surface area contributed by atoms with Gasteiger partial charge in [0.15, 0.2) is 5.84 Å². The van der Waals surface area contributed by atoms with Crippen LogP contribution < -0.4 is 11.1 Å². The molecule has 116 valence electrons. The smallest absolute Gasteiger partial charge is 0.238 e. The molecule has 0 atom stereocenters. The number of carbonyl (C=O) groups excluding carboxylic acids is 1. The molecule has 0 aliphatic heterocycles. The number of amides is 1. The van der Waals surface area contributed by atoms with E-state index in [4.69, 9.17) is 34.1 Å². The number of nitrogens with zero attached hydrogens (tertiary/aromatic N) is 1. The largest absolute Gasteiger partial charge is 0.409 e. The lowest BCUT2D eigenvalue weighted by molar-refractivity contribution is -0.122. The fourth-order valence-corrected chi connectivity index (χ4v) is 2.56. The summed E-state index contributed by atoms with van der Waals surface area (Å²) in [4.78, 5) is 12.6. The van der Waals surface area contributed by atoms with Gasteiger partial charge in [-0.2, -0.15) is 0 Å². The number of halogens is 2. The molecule has 0 radical (unpaired) electrons. The summed E-state index contributed by atoms with van der Waals surface area (Å²) in [6.07, 6.45) is 0.783. The van der Waals surface area contributed by atoms with Crippen molar-refractivity contribution >= 4 is 40.6 Å². The van der Waals surface area contributed by atoms with Crippen molar-refractivity contribution in [3.8, 4) is 0 Å². The van der Waals surface area contributed by atoms with E-state index in [2.05, 4.69) is 10.5 Å². The van der Waals surface area contributed by atoms with Gasteiger partial charge in [-0.25, -0.2) is 0 Å². The van der Waals surface area contributed by atoms with Crippen LogP contribution in [-0.4, -0.2) is 17.0 Å². The molecular weight excluding hydrogens is 313 g/mol. The third-order valence-corrected chi connectivity index (χ3v) is 4.46. The van der Waals surface area contributed by atoms with Gasteiger partial charge in [0.05, 0.1) is 10.7 Å². The standard InChI is InChI=1S/C14H19Cl2N3O2/c1-4-14(5-2,12(17)19-21)13(20)18-11-7-9(15)8(3)6-10(11)16/h6-7,21H,4-5H2,1-3H3,(H2,17,19)(H,18,20). The monoisotopic (exact) mass is 331 g/mol. The van der Waals surface area contributed by atoms with E-state index in [0.29, 0.717) is 28.6 Å². The molecule has 0 spiro atoms. The average molecular weight is 332 g/mol. The molecule has 4 N–H and O–H groups in total. The Hall–Kier alpha value is -1.46. The summed E-state index contributed by atoms with van der Waals surface area (Å²) >= 11 is 12.2. The predicted molar refractivity (Wildman–Crippen MR) is 86.3 cm³/mol. The van der Waals surface area contributed by atoms with Crippen molar-refractivity contribution in [3.05, 3.63) is 27.7 Å². The van der Waals surface area contributed by atoms with Gasteiger partial charge in [-0.1, -0.05) is 42.2 Å². The van der Waals surface area contributed by atoms with E-state index in [0.717, 1.165) is 5.56 Å². The Balaban J connectivity index is 3.17. The number of benzene rings is 1. The van der Waals surface area contributed by atoms with Gasteiger partial charge in [-0.15, -0.1) is 0 Å². The molecule has 1 rings (SSSR count). The topological polar surface area (TPSA) is 87.7 Å². The summed E-state index contributed by atoms with van der Waals surface area (Å²) in [5.74, 6) is -0.510. The third kappa shape index (κ3) is 3.41. The van der Waals surface area contributed by atoms with Gasteiger partial charge < -0.3 is 16.3 Å². The molecule has 0 heterocycles. The van der Waals surface area contributed by atoms with Crippen LogP contribution in [0.4, 0.5) is 5.69 Å². The molecule has 0 aromatic heterocycles. The van der Waals surface area contributed by atoms with Crippen molar-refractivity contribution < 1.29 is 10.0 Å². The summed E-state index contributed by atoms with van der Waals surface area (Å²) in [7, 11) is 0. The van der Waals surface area contributed by atoms with E-state index >= 15 is 0 Å². The highest BCUT2D eigenvalue weighted by atomic mass is 35.5. The molecule has 0 aliphatic carbocycles. The maximum atomic E-state index is 12.6. The SMILES string of the molecule is CCC(CC)(C(=O)Nc1cc(Cl)c(C)cc1Cl)/C(N)=N/O. The lowest BCUT2D eigenvalue weighted by Crippen LogP contribution is -2.46. The van der Waals surface area contributed by atoms with Gasteiger partial charge in [0.2, 0.25) is 5.91 Å². The molecule has 7 heteroatoms. The minimum atomic E-state index is -1.09. The van der Waals surface area contributed by atoms with Gasteiger partial charge in [0.1, 0.15) is 5.41 Å². The van der Waals surface area contributed by atoms with Crippen molar-refractivity contribution in [2.75, 3.05) is 5.32 Å². The molecule has 0 aliphatic rings. The van der Waals surface area contributed by atoms with Gasteiger partial charge in [-0.3, -0.25) is 4.79 Å². The van der Waals surface area contributed by atoms with Crippen LogP contribution in [0.3, 0.4) is 0 Å². The molecule has 0 fully saturated rings. The van der Waals surface area contributed by atoms with Gasteiger partial charge in [0, 0.05) is 5.02 Å². The number of carbonyl (C=O) groups is 1. The Morgan fingerprint density at radius 3 is 2.38 bits per heavy atom. The van der Waals surface area contributed by atoms with E-state index in [1.807, 2.05) is 6.92 Å². The predicted octanol–water partition coefficient (Wildman–Crippen LogP) is 3.79. The van der Waals surface area contributed by atoms with Crippen LogP contribution >= 0.6 is 23.2 Å². The highest BCUT2D eigenvalue weighted by Gasteiger charge is 2.40. The fraction of sp³-hybridized carbons (Fsp3) is 0.429. The summed E-state index contributed by atoms with van der Waals surface area (Å²) < 4.78 is 0. The summed E-state index contributed by atoms with van der Waals surface area (Å²) in [5, 5.41) is 15.5. The van der Waals surface area contributed by atoms with E-state index < -0.39 is 5.41 Å². The minimum absolute atomic E-state index is 0.126. The number of oxime groups is 1. The maximum absolute atomic E-state index is 12.6. The lowest BCUT2D eigenvalue weighted by atomic mass is 9.80. The van der Waals surface area contributed by atoms with E-state index in [1.165, 1.54) is 0 Å². The summed E-state index contributed by atoms with van der Waals surface area (Å²) in [6, 6.07) is 3.25. The second kappa shape index (κ2) is 7.00. The molecular formula is C14H19Cl2N3O2. The molecule has 5 nitrogen and oxygen atoms in total. The number of nitrogens with two attached hydrogens (primary N) is 1. The van der Waals surface area contributed by atoms with Crippen LogP contribution in [0.2, 0.25) is 10.0 Å². The number of hydrogen-bond acceptors (Lipinski definition) is 3. The molecule has 1 amide bonds. The second-order valence-corrected chi connectivity index (χ2v) is 5.62. The molecule has 1 aromatic rings. The van der Waals surface area contributed by atoms with Crippen molar-refractivity contribution in [2.45, 2.75) is 33.6 Å². The van der Waals surface area contributed by atoms with Crippen LogP contribution in [-0.2, 0) is 4.79 Å². The van der Waals surface area contributed by atoms with Crippen LogP contribution in [0, 0.1) is 12.3 Å². The average Bonchev–Trinajstić information content (AvgIpc) is 2.46. The van der Waals surface area contributed by atoms with E-state index in [1.54, 1.807) is 26.0 Å². The van der Waals surface area contributed by atoms with Gasteiger partial charge >= 0.3 is 0 Å². The van der Waals surface area contributed by atoms with Crippen LogP contribution in [0.1, 0.15) is 32.3 Å². The summed E-state index contributed by atoms with van der Waals surface area (Å²) in [5.41, 5.74) is 5.82. The number of amidine groups is 1. The quantitative estimate of drug-likeness (QED) is 0.332. The van der Waals surface area contributed by atoms with Crippen molar-refractivity contribution in [3.63, 3.8) is 0 Å². The van der Waals surface area contributed by atoms with Crippen LogP contribution in [0.15, 0.2) is 17.3 Å². The van der Waals surface area contributed by atoms with Crippen molar-refractivity contribution in [2.24, 2.45) is 16.3 Å². The van der Waals surface area contributed by atoms with Crippen molar-refractivity contribution in [1.29, 1.82) is 0 Å². The Morgan fingerprint density at radius 1 is 1.33 bits per heavy atom. The van der Waals surface area contributed by atoms with E-state index in [9.17, 15) is 4.79 Å². The molecule has 21 heavy (non-hydrogen) atoms. The highest BCUT2D eigenvalue weighted by Crippen LogP contribution is 2.33. The van der Waals surface area contributed by atoms with E-state index in [-0.39, 0.29) is 11.7 Å². The Morgan fingerprint density at radius 2 is 1.90 bits per heavy atom. The number of hydrogen-bond donors (Lipinski definition) is 3. The zero-order chi connectivity index (χ0) is 16.2. The molecule has 0 saturated carbocycles. The van der Waals surface area contributed by atoms with Gasteiger partial charge in [-0.05, 0) is 37.5 Å². The minimum Gasteiger partial charge on any atom is -0.409 e. The maximum Gasteiger partial charge on any atom is 0.238 e. The van der Waals surface area contributed by atoms with Crippen LogP contribution in [0.5, 0.6) is 0 Å². The Labute approximate surface area is 134 Å². The van der Waals surface area contributed by atoms with Gasteiger partial charge in [0.25, 0.3) is 0 Å². The lowest BCUT2D eigenvalue weighted by Gasteiger charge is -2.28. The Bertz CT molecular complexity index is 570. The normalized spacial score (nSPS) is 12.3. The summed E-state index contributed by atoms with van der Waals surface area (Å²) in [6.45, 7) is 5.41. The number of anilines is 1. The van der Waals surface area contributed by atoms with Crippen LogP contribution in [0.25, 0.3) is 0 Å². The second-order valence-electron chi connectivity index (χ2n) is 4.81. The number of nitrogens with one attached hydrogen (secondary N) is 1. The number of aryl methyl sites for hydroxylation is 1. The van der Waals surface area contributed by atoms with Crippen molar-refractivity contribution in [1.82, 2.24) is 0 Å². The molecule has 0 saturated heterocycles. The third-order valence-electron chi connectivity index (χ3n) is 3.74. The first-order chi connectivity index (χ1) is 9.82.